The average molecular weight is 567 g/mol. The molecule has 11 nitrogen and oxygen atoms in total. The Labute approximate surface area is 242 Å². The topological polar surface area (TPSA) is 139 Å². The fraction of sp³-hybridized carbons (Fsp3) is 0.226. The van der Waals surface area contributed by atoms with Gasteiger partial charge in [-0.25, -0.2) is 4.79 Å². The third-order valence-electron chi connectivity index (χ3n) is 7.24. The summed E-state index contributed by atoms with van der Waals surface area (Å²) >= 11 is 0. The number of carbonyl (C=O) groups is 1. The fourth-order valence-electron chi connectivity index (χ4n) is 5.29. The summed E-state index contributed by atoms with van der Waals surface area (Å²) in [5.74, 6) is -0.581. The zero-order chi connectivity index (χ0) is 29.8. The maximum Gasteiger partial charge on any atom is 0.334 e. The molecule has 0 spiro atoms. The zero-order valence-corrected chi connectivity index (χ0v) is 23.5. The van der Waals surface area contributed by atoms with E-state index in [1.807, 2.05) is 66.2 Å². The number of nitro groups is 1. The highest BCUT2D eigenvalue weighted by molar-refractivity contribution is 6.14. The first-order valence-corrected chi connectivity index (χ1v) is 13.4. The highest BCUT2D eigenvalue weighted by Gasteiger charge is 2.38. The van der Waals surface area contributed by atoms with Gasteiger partial charge in [0.15, 0.2) is 5.82 Å². The van der Waals surface area contributed by atoms with E-state index in [0.29, 0.717) is 47.9 Å². The van der Waals surface area contributed by atoms with Gasteiger partial charge in [0.25, 0.3) is 11.6 Å². The summed E-state index contributed by atoms with van der Waals surface area (Å²) in [6.07, 6.45) is 3.41. The molecule has 0 amide bonds. The second-order valence-electron chi connectivity index (χ2n) is 10.2. The first kappa shape index (κ1) is 28.4. The lowest BCUT2D eigenvalue weighted by Gasteiger charge is -2.38. The first-order valence-electron chi connectivity index (χ1n) is 13.4. The van der Waals surface area contributed by atoms with Gasteiger partial charge >= 0.3 is 5.97 Å². The molecule has 214 valence electrons. The fourth-order valence-corrected chi connectivity index (χ4v) is 5.29. The van der Waals surface area contributed by atoms with Gasteiger partial charge < -0.3 is 14.5 Å². The molecule has 0 bridgehead atoms. The Balaban J connectivity index is 1.60. The van der Waals surface area contributed by atoms with Gasteiger partial charge in [-0.1, -0.05) is 53.7 Å². The van der Waals surface area contributed by atoms with Crippen molar-refractivity contribution in [2.75, 3.05) is 7.05 Å². The van der Waals surface area contributed by atoms with Crippen LogP contribution in [-0.2, 0) is 24.4 Å². The summed E-state index contributed by atoms with van der Waals surface area (Å²) in [5.41, 5.74) is 3.75. The lowest BCUT2D eigenvalue weighted by molar-refractivity contribution is -0.384. The van der Waals surface area contributed by atoms with Crippen LogP contribution >= 0.6 is 0 Å². The molecule has 1 unspecified atom stereocenters. The van der Waals surface area contributed by atoms with E-state index in [-0.39, 0.29) is 17.2 Å². The molecule has 11 heteroatoms. The number of nitro benzene ring substituents is 1. The van der Waals surface area contributed by atoms with E-state index in [9.17, 15) is 20.0 Å². The molecule has 42 heavy (non-hydrogen) atoms. The Hall–Kier alpha value is -5.16. The minimum atomic E-state index is -1.15. The SMILES string of the molecule is CC1=C(c2nc(CN(C)Cc3ccccc3)no2)C(c2cccc([N+](=O)[O-])c2)=C(C(=O)O)C(C)N1Cc1cccnc1. The Bertz CT molecular complexity index is 1670. The van der Waals surface area contributed by atoms with Crippen molar-refractivity contribution in [3.05, 3.63) is 129 Å². The maximum atomic E-state index is 12.8. The minimum Gasteiger partial charge on any atom is -0.478 e. The lowest BCUT2D eigenvalue weighted by Crippen LogP contribution is -2.39. The van der Waals surface area contributed by atoms with Gasteiger partial charge in [0.05, 0.1) is 28.7 Å². The molecule has 4 aromatic rings. The third-order valence-corrected chi connectivity index (χ3v) is 7.24. The highest BCUT2D eigenvalue weighted by Crippen LogP contribution is 2.44. The standard InChI is InChI=1S/C31H30N6O5/c1-20-27(30-33-26(34-42-30)19-35(3)17-22-9-5-4-6-10-22)29(24-12-7-13-25(15-24)37(40)41)28(31(38)39)21(2)36(20)18-23-11-8-14-32-16-23/h4-16,21H,17-19H2,1-3H3,(H,38,39). The largest absolute Gasteiger partial charge is 0.478 e. The second kappa shape index (κ2) is 12.1. The van der Waals surface area contributed by atoms with E-state index in [1.165, 1.54) is 18.2 Å². The summed E-state index contributed by atoms with van der Waals surface area (Å²) in [6.45, 7) is 5.11. The van der Waals surface area contributed by atoms with E-state index in [0.717, 1.165) is 11.1 Å². The molecule has 0 saturated carbocycles. The van der Waals surface area contributed by atoms with Crippen LogP contribution in [0.1, 0.15) is 42.3 Å². The number of allylic oxidation sites excluding steroid dienone is 3. The summed E-state index contributed by atoms with van der Waals surface area (Å²) < 4.78 is 5.77. The first-order chi connectivity index (χ1) is 20.2. The molecule has 1 aliphatic heterocycles. The summed E-state index contributed by atoms with van der Waals surface area (Å²) in [6, 6.07) is 19.1. The normalized spacial score (nSPS) is 15.4. The predicted octanol–water partition coefficient (Wildman–Crippen LogP) is 5.18. The van der Waals surface area contributed by atoms with Crippen molar-refractivity contribution in [1.82, 2.24) is 24.9 Å². The molecule has 1 N–H and O–H groups in total. The number of hydrogen-bond acceptors (Lipinski definition) is 9. The Morgan fingerprint density at radius 1 is 1.07 bits per heavy atom. The molecule has 0 aliphatic carbocycles. The smallest absolute Gasteiger partial charge is 0.334 e. The van der Waals surface area contributed by atoms with Gasteiger partial charge in [0, 0.05) is 48.9 Å². The molecule has 0 radical (unpaired) electrons. The molecular weight excluding hydrogens is 536 g/mol. The monoisotopic (exact) mass is 566 g/mol. The second-order valence-corrected chi connectivity index (χ2v) is 10.2. The number of nitrogens with zero attached hydrogens (tertiary/aromatic N) is 6. The van der Waals surface area contributed by atoms with Crippen LogP contribution in [0.25, 0.3) is 11.1 Å². The number of non-ortho nitro benzene ring substituents is 1. The zero-order valence-electron chi connectivity index (χ0n) is 23.5. The Kier molecular flexibility index (Phi) is 8.21. The molecule has 2 aromatic heterocycles. The van der Waals surface area contributed by atoms with Gasteiger partial charge in [-0.3, -0.25) is 20.0 Å². The number of carboxylic acid groups (broad SMARTS) is 1. The number of carboxylic acids is 1. The molecule has 5 rings (SSSR count). The summed E-state index contributed by atoms with van der Waals surface area (Å²) in [4.78, 5) is 36.8. The molecule has 3 heterocycles. The number of hydrogen-bond donors (Lipinski definition) is 1. The van der Waals surface area contributed by atoms with E-state index in [1.54, 1.807) is 25.4 Å². The van der Waals surface area contributed by atoms with Gasteiger partial charge in [0.2, 0.25) is 0 Å². The van der Waals surface area contributed by atoms with Crippen molar-refractivity contribution < 1.29 is 19.3 Å². The third kappa shape index (κ3) is 5.96. The van der Waals surface area contributed by atoms with Crippen LogP contribution in [0.5, 0.6) is 0 Å². The van der Waals surface area contributed by atoms with Gasteiger partial charge in [0.1, 0.15) is 0 Å². The molecular formula is C31H30N6O5. The van der Waals surface area contributed by atoms with Crippen molar-refractivity contribution in [3.63, 3.8) is 0 Å². The van der Waals surface area contributed by atoms with Crippen molar-refractivity contribution in [2.45, 2.75) is 39.5 Å². The molecule has 0 fully saturated rings. The minimum absolute atomic E-state index is 0.0703. The van der Waals surface area contributed by atoms with E-state index in [2.05, 4.69) is 15.1 Å². The Morgan fingerprint density at radius 2 is 1.83 bits per heavy atom. The molecule has 2 aromatic carbocycles. The van der Waals surface area contributed by atoms with Crippen LogP contribution in [0.4, 0.5) is 5.69 Å². The molecule has 1 atom stereocenters. The van der Waals surface area contributed by atoms with Crippen LogP contribution in [0.3, 0.4) is 0 Å². The van der Waals surface area contributed by atoms with Gasteiger partial charge in [-0.05, 0) is 43.7 Å². The van der Waals surface area contributed by atoms with Crippen LogP contribution < -0.4 is 0 Å². The van der Waals surface area contributed by atoms with E-state index < -0.39 is 16.9 Å². The van der Waals surface area contributed by atoms with Crippen molar-refractivity contribution in [3.8, 4) is 0 Å². The summed E-state index contributed by atoms with van der Waals surface area (Å²) in [7, 11) is 1.95. The highest BCUT2D eigenvalue weighted by atomic mass is 16.6. The number of aliphatic carboxylic acids is 1. The van der Waals surface area contributed by atoms with Crippen molar-refractivity contribution in [2.24, 2.45) is 0 Å². The maximum absolute atomic E-state index is 12.8. The lowest BCUT2D eigenvalue weighted by atomic mass is 9.84. The number of pyridine rings is 1. The number of rotatable bonds is 10. The summed E-state index contributed by atoms with van der Waals surface area (Å²) in [5, 5.41) is 26.3. The van der Waals surface area contributed by atoms with Crippen LogP contribution in [-0.4, -0.2) is 54.0 Å². The number of benzene rings is 2. The van der Waals surface area contributed by atoms with Crippen LogP contribution in [0, 0.1) is 10.1 Å². The molecule has 1 aliphatic rings. The van der Waals surface area contributed by atoms with Crippen LogP contribution in [0.15, 0.2) is 94.9 Å². The molecule has 0 saturated heterocycles. The van der Waals surface area contributed by atoms with Crippen molar-refractivity contribution in [1.29, 1.82) is 0 Å². The van der Waals surface area contributed by atoms with E-state index >= 15 is 0 Å². The van der Waals surface area contributed by atoms with E-state index in [4.69, 9.17) is 4.52 Å². The average Bonchev–Trinajstić information content (AvgIpc) is 3.43. The van der Waals surface area contributed by atoms with Crippen LogP contribution in [0.2, 0.25) is 0 Å². The quantitative estimate of drug-likeness (QED) is 0.202. The van der Waals surface area contributed by atoms with Gasteiger partial charge in [-0.2, -0.15) is 4.98 Å². The number of aromatic nitrogens is 3. The Morgan fingerprint density at radius 3 is 2.52 bits per heavy atom. The predicted molar refractivity (Wildman–Crippen MR) is 155 cm³/mol. The van der Waals surface area contributed by atoms with Crippen molar-refractivity contribution >= 4 is 22.8 Å². The van der Waals surface area contributed by atoms with Gasteiger partial charge in [-0.15, -0.1) is 0 Å².